The molecule has 1 aliphatic rings. The molecule has 0 aromatic carbocycles. The Labute approximate surface area is 84.5 Å². The highest BCUT2D eigenvalue weighted by molar-refractivity contribution is 4.89. The number of nitrogens with zero attached hydrogens (tertiary/aromatic N) is 1. The molecule has 0 bridgehead atoms. The van der Waals surface area contributed by atoms with Crippen LogP contribution in [-0.2, 0) is 4.74 Å². The maximum absolute atomic E-state index is 13.0. The summed E-state index contributed by atoms with van der Waals surface area (Å²) in [6.07, 6.45) is 1.93. The number of nitrogens with one attached hydrogen (secondary N) is 1. The predicted octanol–water partition coefficient (Wildman–Crippen LogP) is 0.373. The second kappa shape index (κ2) is 3.62. The van der Waals surface area contributed by atoms with Crippen LogP contribution in [0.4, 0.5) is 4.39 Å². The van der Waals surface area contributed by atoms with Crippen LogP contribution in [0.2, 0.25) is 0 Å². The summed E-state index contributed by atoms with van der Waals surface area (Å²) < 4.78 is 19.4. The summed E-state index contributed by atoms with van der Waals surface area (Å²) in [6.45, 7) is 1.88. The monoisotopic (exact) mass is 214 g/mol. The van der Waals surface area contributed by atoms with Gasteiger partial charge in [0.05, 0.1) is 12.3 Å². The second-order valence-electron chi connectivity index (χ2n) is 3.62. The van der Waals surface area contributed by atoms with Gasteiger partial charge in [-0.3, -0.25) is 14.3 Å². The summed E-state index contributed by atoms with van der Waals surface area (Å²) in [7, 11) is 0. The van der Waals surface area contributed by atoms with Gasteiger partial charge in [0.1, 0.15) is 6.23 Å². The van der Waals surface area contributed by atoms with Crippen molar-refractivity contribution in [1.82, 2.24) is 9.55 Å². The summed E-state index contributed by atoms with van der Waals surface area (Å²) in [4.78, 5) is 24.0. The van der Waals surface area contributed by atoms with Crippen molar-refractivity contribution >= 4 is 0 Å². The minimum Gasteiger partial charge on any atom is -0.355 e. The molecule has 5 nitrogen and oxygen atoms in total. The molecule has 0 aliphatic carbocycles. The summed E-state index contributed by atoms with van der Waals surface area (Å²) in [5.74, 6) is -0.974. The van der Waals surface area contributed by atoms with E-state index in [0.29, 0.717) is 6.42 Å². The van der Waals surface area contributed by atoms with Crippen LogP contribution in [0, 0.1) is 5.82 Å². The van der Waals surface area contributed by atoms with Crippen LogP contribution in [0.25, 0.3) is 0 Å². The molecular formula is C9H11FN2O3. The zero-order chi connectivity index (χ0) is 11.0. The Balaban J connectivity index is 2.41. The standard InChI is InChI=1S/C9H11FN2O3/c1-5-2-3-7(15-5)12-4-6(10)8(13)11-9(12)14/h4-5,7H,2-3H2,1H3,(H,11,13,14)/t5?,7-/m1/s1. The first-order valence-corrected chi connectivity index (χ1v) is 4.74. The van der Waals surface area contributed by atoms with Crippen molar-refractivity contribution in [3.63, 3.8) is 0 Å². The molecule has 1 unspecified atom stereocenters. The molecule has 1 saturated heterocycles. The molecule has 82 valence electrons. The van der Waals surface area contributed by atoms with Gasteiger partial charge in [-0.15, -0.1) is 0 Å². The molecule has 1 aliphatic heterocycles. The highest BCUT2D eigenvalue weighted by Gasteiger charge is 2.24. The summed E-state index contributed by atoms with van der Waals surface area (Å²) in [5.41, 5.74) is -1.64. The van der Waals surface area contributed by atoms with Crippen molar-refractivity contribution in [2.75, 3.05) is 0 Å². The quantitative estimate of drug-likeness (QED) is 0.734. The Morgan fingerprint density at radius 3 is 2.87 bits per heavy atom. The van der Waals surface area contributed by atoms with Crippen molar-refractivity contribution in [2.24, 2.45) is 0 Å². The van der Waals surface area contributed by atoms with Gasteiger partial charge in [-0.1, -0.05) is 0 Å². The van der Waals surface area contributed by atoms with E-state index in [1.54, 1.807) is 0 Å². The Hall–Kier alpha value is -1.43. The topological polar surface area (TPSA) is 64.1 Å². The van der Waals surface area contributed by atoms with Gasteiger partial charge in [0.2, 0.25) is 5.82 Å². The van der Waals surface area contributed by atoms with Gasteiger partial charge < -0.3 is 4.74 Å². The van der Waals surface area contributed by atoms with E-state index in [4.69, 9.17) is 4.74 Å². The van der Waals surface area contributed by atoms with Gasteiger partial charge in [-0.25, -0.2) is 4.79 Å². The van der Waals surface area contributed by atoms with Crippen LogP contribution < -0.4 is 11.2 Å². The molecule has 1 aromatic rings. The van der Waals surface area contributed by atoms with Crippen LogP contribution in [0.1, 0.15) is 26.0 Å². The van der Waals surface area contributed by atoms with Crippen LogP contribution in [-0.4, -0.2) is 15.7 Å². The highest BCUT2D eigenvalue weighted by atomic mass is 19.1. The lowest BCUT2D eigenvalue weighted by Gasteiger charge is -2.13. The van der Waals surface area contributed by atoms with E-state index in [2.05, 4.69) is 0 Å². The number of H-pyrrole nitrogens is 1. The molecule has 6 heteroatoms. The smallest absolute Gasteiger partial charge is 0.330 e. The van der Waals surface area contributed by atoms with Crippen molar-refractivity contribution < 1.29 is 9.13 Å². The summed E-state index contributed by atoms with van der Waals surface area (Å²) >= 11 is 0. The molecule has 2 atom stereocenters. The van der Waals surface area contributed by atoms with Gasteiger partial charge in [-0.05, 0) is 19.8 Å². The Morgan fingerprint density at radius 1 is 1.53 bits per heavy atom. The van der Waals surface area contributed by atoms with E-state index in [-0.39, 0.29) is 6.10 Å². The minimum atomic E-state index is -0.998. The lowest BCUT2D eigenvalue weighted by atomic mass is 10.2. The van der Waals surface area contributed by atoms with Gasteiger partial charge in [-0.2, -0.15) is 4.39 Å². The number of aromatic amines is 1. The molecule has 0 radical (unpaired) electrons. The summed E-state index contributed by atoms with van der Waals surface area (Å²) in [6, 6.07) is 0. The number of hydrogen-bond donors (Lipinski definition) is 1. The molecule has 0 saturated carbocycles. The lowest BCUT2D eigenvalue weighted by Crippen LogP contribution is -2.33. The Kier molecular flexibility index (Phi) is 2.44. The SMILES string of the molecule is CC1CC[C@H](n2cc(F)c(=O)[nH]c2=O)O1. The average Bonchev–Trinajstić information content (AvgIpc) is 2.58. The van der Waals surface area contributed by atoms with Gasteiger partial charge in [0, 0.05) is 0 Å². The van der Waals surface area contributed by atoms with Crippen LogP contribution in [0.5, 0.6) is 0 Å². The molecule has 1 aromatic heterocycles. The number of rotatable bonds is 1. The highest BCUT2D eigenvalue weighted by Crippen LogP contribution is 2.26. The van der Waals surface area contributed by atoms with E-state index in [9.17, 15) is 14.0 Å². The third kappa shape index (κ3) is 1.85. The van der Waals surface area contributed by atoms with Crippen molar-refractivity contribution in [1.29, 1.82) is 0 Å². The molecule has 0 amide bonds. The third-order valence-corrected chi connectivity index (χ3v) is 2.44. The molecule has 2 heterocycles. The average molecular weight is 214 g/mol. The molecule has 0 spiro atoms. The largest absolute Gasteiger partial charge is 0.355 e. The van der Waals surface area contributed by atoms with Gasteiger partial charge >= 0.3 is 5.69 Å². The van der Waals surface area contributed by atoms with Crippen molar-refractivity contribution in [2.45, 2.75) is 32.1 Å². The second-order valence-corrected chi connectivity index (χ2v) is 3.62. The van der Waals surface area contributed by atoms with E-state index >= 15 is 0 Å². The molecule has 1 N–H and O–H groups in total. The minimum absolute atomic E-state index is 0.0527. The van der Waals surface area contributed by atoms with Gasteiger partial charge in [0.25, 0.3) is 5.56 Å². The Morgan fingerprint density at radius 2 is 2.27 bits per heavy atom. The first-order chi connectivity index (χ1) is 7.08. The third-order valence-electron chi connectivity index (χ3n) is 2.44. The summed E-state index contributed by atoms with van der Waals surface area (Å²) in [5, 5.41) is 0. The van der Waals surface area contributed by atoms with Gasteiger partial charge in [0.15, 0.2) is 0 Å². The molecule has 15 heavy (non-hydrogen) atoms. The number of hydrogen-bond acceptors (Lipinski definition) is 3. The maximum Gasteiger partial charge on any atom is 0.330 e. The zero-order valence-electron chi connectivity index (χ0n) is 8.20. The fraction of sp³-hybridized carbons (Fsp3) is 0.556. The predicted molar refractivity (Wildman–Crippen MR) is 50.1 cm³/mol. The van der Waals surface area contributed by atoms with Crippen LogP contribution in [0.15, 0.2) is 15.8 Å². The molecular weight excluding hydrogens is 203 g/mol. The zero-order valence-corrected chi connectivity index (χ0v) is 8.20. The number of aromatic nitrogens is 2. The first-order valence-electron chi connectivity index (χ1n) is 4.74. The van der Waals surface area contributed by atoms with Crippen LogP contribution >= 0.6 is 0 Å². The van der Waals surface area contributed by atoms with Crippen LogP contribution in [0.3, 0.4) is 0 Å². The van der Waals surface area contributed by atoms with Crippen molar-refractivity contribution in [3.8, 4) is 0 Å². The number of halogens is 1. The fourth-order valence-electron chi connectivity index (χ4n) is 1.66. The van der Waals surface area contributed by atoms with E-state index in [0.717, 1.165) is 17.2 Å². The Bertz CT molecular complexity index is 479. The maximum atomic E-state index is 13.0. The first kappa shape index (κ1) is 10.1. The number of ether oxygens (including phenoxy) is 1. The van der Waals surface area contributed by atoms with E-state index in [1.807, 2.05) is 11.9 Å². The normalized spacial score (nSPS) is 25.7. The van der Waals surface area contributed by atoms with E-state index in [1.165, 1.54) is 0 Å². The lowest BCUT2D eigenvalue weighted by molar-refractivity contribution is 0.00727. The molecule has 2 rings (SSSR count). The fourth-order valence-corrected chi connectivity index (χ4v) is 1.66. The van der Waals surface area contributed by atoms with E-state index < -0.39 is 23.3 Å². The molecule has 1 fully saturated rings. The van der Waals surface area contributed by atoms with Crippen molar-refractivity contribution in [3.05, 3.63) is 32.9 Å².